The number of carbonyl (C=O) groups is 1. The molecular formula is C11H14N2O2S. The molecule has 0 aliphatic heterocycles. The molecule has 16 heavy (non-hydrogen) atoms. The lowest BCUT2D eigenvalue weighted by Gasteiger charge is -2.01. The van der Waals surface area contributed by atoms with Crippen molar-refractivity contribution in [1.82, 2.24) is 5.32 Å². The Kier molecular flexibility index (Phi) is 5.57. The maximum Gasteiger partial charge on any atom is 0.246 e. The predicted molar refractivity (Wildman–Crippen MR) is 64.0 cm³/mol. The quantitative estimate of drug-likeness (QED) is 0.743. The molecule has 1 aromatic rings. The largest absolute Gasteiger partial charge is 0.375 e. The van der Waals surface area contributed by atoms with Crippen molar-refractivity contribution >= 4 is 17.2 Å². The minimum Gasteiger partial charge on any atom is -0.375 e. The van der Waals surface area contributed by atoms with Gasteiger partial charge in [-0.05, 0) is 12.1 Å². The topological polar surface area (TPSA) is 64.3 Å². The van der Waals surface area contributed by atoms with Gasteiger partial charge in [-0.25, -0.2) is 0 Å². The molecule has 0 radical (unpaired) electrons. The Labute approximate surface area is 98.8 Å². The molecule has 1 amide bonds. The number of methoxy groups -OCH3 is 1. The van der Waals surface area contributed by atoms with E-state index < -0.39 is 0 Å². The van der Waals surface area contributed by atoms with Gasteiger partial charge in [-0.2, -0.15) is 0 Å². The second-order valence-corrected chi connectivity index (χ2v) is 4.15. The number of amides is 1. The first-order valence-corrected chi connectivity index (χ1v) is 5.61. The van der Waals surface area contributed by atoms with Crippen LogP contribution in [0.1, 0.15) is 9.75 Å². The molecular weight excluding hydrogens is 224 g/mol. The number of hydrogen-bond donors (Lipinski definition) is 2. The van der Waals surface area contributed by atoms with Crippen LogP contribution in [0.3, 0.4) is 0 Å². The van der Waals surface area contributed by atoms with E-state index in [0.29, 0.717) is 13.1 Å². The van der Waals surface area contributed by atoms with Crippen molar-refractivity contribution in [3.05, 3.63) is 21.9 Å². The van der Waals surface area contributed by atoms with Crippen LogP contribution < -0.4 is 11.1 Å². The van der Waals surface area contributed by atoms with E-state index in [1.165, 1.54) is 7.11 Å². The highest BCUT2D eigenvalue weighted by molar-refractivity contribution is 7.12. The van der Waals surface area contributed by atoms with Crippen LogP contribution in [0.15, 0.2) is 12.1 Å². The average Bonchev–Trinajstić information content (AvgIpc) is 2.72. The second kappa shape index (κ2) is 7.01. The zero-order valence-corrected chi connectivity index (χ0v) is 9.89. The molecule has 3 N–H and O–H groups in total. The van der Waals surface area contributed by atoms with Crippen LogP contribution in [0, 0.1) is 11.8 Å². The van der Waals surface area contributed by atoms with Crippen LogP contribution in [0.25, 0.3) is 0 Å². The number of nitrogens with one attached hydrogen (secondary N) is 1. The van der Waals surface area contributed by atoms with E-state index in [2.05, 4.69) is 17.2 Å². The number of carbonyl (C=O) groups excluding carboxylic acids is 1. The third kappa shape index (κ3) is 4.45. The number of nitrogens with two attached hydrogens (primary N) is 1. The standard InChI is InChI=1S/C11H14N2O2S/c1-15-8-11(14)13-7-10-5-4-9(16-10)3-2-6-12/h4-5H,6-8,12H2,1H3,(H,13,14). The fourth-order valence-corrected chi connectivity index (χ4v) is 1.87. The van der Waals surface area contributed by atoms with Gasteiger partial charge in [0.15, 0.2) is 0 Å². The van der Waals surface area contributed by atoms with E-state index in [-0.39, 0.29) is 12.5 Å². The molecule has 0 aliphatic carbocycles. The Morgan fingerprint density at radius 1 is 1.62 bits per heavy atom. The van der Waals surface area contributed by atoms with Gasteiger partial charge in [-0.15, -0.1) is 11.3 Å². The molecule has 0 unspecified atom stereocenters. The number of rotatable bonds is 4. The molecule has 0 fully saturated rings. The van der Waals surface area contributed by atoms with Crippen LogP contribution in [0.5, 0.6) is 0 Å². The first-order chi connectivity index (χ1) is 7.76. The summed E-state index contributed by atoms with van der Waals surface area (Å²) in [5.41, 5.74) is 5.28. The van der Waals surface area contributed by atoms with E-state index in [1.54, 1.807) is 11.3 Å². The van der Waals surface area contributed by atoms with Crippen molar-refractivity contribution in [3.63, 3.8) is 0 Å². The van der Waals surface area contributed by atoms with Gasteiger partial charge >= 0.3 is 0 Å². The minimum absolute atomic E-state index is 0.0885. The molecule has 0 saturated heterocycles. The molecule has 1 rings (SSSR count). The molecule has 0 aromatic carbocycles. The Bertz CT molecular complexity index is 404. The summed E-state index contributed by atoms with van der Waals surface area (Å²) in [5.74, 6) is 5.61. The van der Waals surface area contributed by atoms with Crippen LogP contribution in [0.4, 0.5) is 0 Å². The zero-order chi connectivity index (χ0) is 11.8. The summed E-state index contributed by atoms with van der Waals surface area (Å²) in [6, 6.07) is 3.86. The van der Waals surface area contributed by atoms with Crippen LogP contribution in [-0.2, 0) is 16.1 Å². The lowest BCUT2D eigenvalue weighted by molar-refractivity contribution is -0.124. The second-order valence-electron chi connectivity index (χ2n) is 2.98. The molecule has 1 aromatic heterocycles. The van der Waals surface area contributed by atoms with Crippen molar-refractivity contribution in [1.29, 1.82) is 0 Å². The van der Waals surface area contributed by atoms with Gasteiger partial charge in [0.2, 0.25) is 5.91 Å². The van der Waals surface area contributed by atoms with Crippen molar-refractivity contribution in [3.8, 4) is 11.8 Å². The lowest BCUT2D eigenvalue weighted by Crippen LogP contribution is -2.26. The monoisotopic (exact) mass is 238 g/mol. The van der Waals surface area contributed by atoms with Crippen LogP contribution >= 0.6 is 11.3 Å². The Morgan fingerprint density at radius 2 is 2.44 bits per heavy atom. The maximum atomic E-state index is 11.1. The zero-order valence-electron chi connectivity index (χ0n) is 9.08. The van der Waals surface area contributed by atoms with Gasteiger partial charge in [-0.1, -0.05) is 11.8 Å². The van der Waals surface area contributed by atoms with E-state index in [1.807, 2.05) is 12.1 Å². The summed E-state index contributed by atoms with van der Waals surface area (Å²) >= 11 is 1.55. The van der Waals surface area contributed by atoms with E-state index >= 15 is 0 Å². The van der Waals surface area contributed by atoms with Crippen molar-refractivity contribution < 1.29 is 9.53 Å². The Balaban J connectivity index is 2.43. The van der Waals surface area contributed by atoms with Gasteiger partial charge in [0, 0.05) is 12.0 Å². The van der Waals surface area contributed by atoms with Gasteiger partial charge in [0.25, 0.3) is 0 Å². The average molecular weight is 238 g/mol. The molecule has 0 atom stereocenters. The number of thiophene rings is 1. The fraction of sp³-hybridized carbons (Fsp3) is 0.364. The summed E-state index contributed by atoms with van der Waals surface area (Å²) in [6.07, 6.45) is 0. The van der Waals surface area contributed by atoms with E-state index in [9.17, 15) is 4.79 Å². The van der Waals surface area contributed by atoms with Gasteiger partial charge in [0.05, 0.1) is 18.0 Å². The smallest absolute Gasteiger partial charge is 0.246 e. The number of hydrogen-bond acceptors (Lipinski definition) is 4. The fourth-order valence-electron chi connectivity index (χ4n) is 1.05. The SMILES string of the molecule is COCC(=O)NCc1ccc(C#CCN)s1. The summed E-state index contributed by atoms with van der Waals surface area (Å²) in [4.78, 5) is 13.1. The van der Waals surface area contributed by atoms with Crippen molar-refractivity contribution in [2.24, 2.45) is 5.73 Å². The highest BCUT2D eigenvalue weighted by atomic mass is 32.1. The molecule has 5 heteroatoms. The van der Waals surface area contributed by atoms with Gasteiger partial charge < -0.3 is 15.8 Å². The maximum absolute atomic E-state index is 11.1. The van der Waals surface area contributed by atoms with Crippen LogP contribution in [0.2, 0.25) is 0 Å². The molecule has 4 nitrogen and oxygen atoms in total. The number of ether oxygens (including phenoxy) is 1. The first-order valence-electron chi connectivity index (χ1n) is 4.79. The lowest BCUT2D eigenvalue weighted by atomic mass is 10.4. The highest BCUT2D eigenvalue weighted by Crippen LogP contribution is 2.14. The molecule has 0 spiro atoms. The normalized spacial score (nSPS) is 9.38. The summed E-state index contributed by atoms with van der Waals surface area (Å²) in [6.45, 7) is 0.959. The van der Waals surface area contributed by atoms with Crippen LogP contribution in [-0.4, -0.2) is 26.2 Å². The third-order valence-electron chi connectivity index (χ3n) is 1.71. The first kappa shape index (κ1) is 12.7. The summed E-state index contributed by atoms with van der Waals surface area (Å²) in [7, 11) is 1.49. The predicted octanol–water partition coefficient (Wildman–Crippen LogP) is 0.321. The molecule has 86 valence electrons. The molecule has 0 bridgehead atoms. The third-order valence-corrected chi connectivity index (χ3v) is 2.71. The Morgan fingerprint density at radius 3 is 3.12 bits per heavy atom. The summed E-state index contributed by atoms with van der Waals surface area (Å²) in [5, 5.41) is 2.74. The van der Waals surface area contributed by atoms with Crippen molar-refractivity contribution in [2.45, 2.75) is 6.54 Å². The minimum atomic E-state index is -0.120. The molecule has 0 saturated carbocycles. The molecule has 0 aliphatic rings. The van der Waals surface area contributed by atoms with Gasteiger partial charge in [0.1, 0.15) is 6.61 Å². The van der Waals surface area contributed by atoms with E-state index in [0.717, 1.165) is 9.75 Å². The van der Waals surface area contributed by atoms with Crippen molar-refractivity contribution in [2.75, 3.05) is 20.3 Å². The molecule has 1 heterocycles. The van der Waals surface area contributed by atoms with E-state index in [4.69, 9.17) is 10.5 Å². The summed E-state index contributed by atoms with van der Waals surface area (Å²) < 4.78 is 4.71. The van der Waals surface area contributed by atoms with Gasteiger partial charge in [-0.3, -0.25) is 4.79 Å². The highest BCUT2D eigenvalue weighted by Gasteiger charge is 2.01. The Hall–Kier alpha value is -1.35.